The molecule has 3 rings (SSSR count). The number of fused-ring (bicyclic) bond motifs is 1. The van der Waals surface area contributed by atoms with E-state index in [0.717, 1.165) is 12.0 Å². The zero-order valence-electron chi connectivity index (χ0n) is 13.1. The normalized spacial score (nSPS) is 34.8. The highest BCUT2D eigenvalue weighted by Crippen LogP contribution is 2.36. The Kier molecular flexibility index (Phi) is 4.13. The molecule has 20 heavy (non-hydrogen) atoms. The summed E-state index contributed by atoms with van der Waals surface area (Å²) in [7, 11) is 2.12. The van der Waals surface area contributed by atoms with Crippen LogP contribution in [0, 0.1) is 5.92 Å². The van der Waals surface area contributed by atoms with E-state index in [1.165, 1.54) is 37.8 Å². The van der Waals surface area contributed by atoms with E-state index in [1.807, 2.05) is 0 Å². The Morgan fingerprint density at radius 3 is 2.70 bits per heavy atom. The largest absolute Gasteiger partial charge is 0.312 e. The number of likely N-dealkylation sites (N-methyl/N-ethyl adjacent to an activating group) is 1. The molecule has 2 aliphatic rings. The molecule has 0 bridgehead atoms. The number of rotatable bonds is 2. The van der Waals surface area contributed by atoms with Crippen molar-refractivity contribution in [3.05, 3.63) is 35.4 Å². The number of aryl methyl sites for hydroxylation is 1. The van der Waals surface area contributed by atoms with Gasteiger partial charge in [-0.05, 0) is 56.7 Å². The molecule has 1 aromatic rings. The molecular weight excluding hydrogens is 244 g/mol. The van der Waals surface area contributed by atoms with Gasteiger partial charge in [-0.25, -0.2) is 0 Å². The molecule has 0 spiro atoms. The minimum Gasteiger partial charge on any atom is -0.312 e. The summed E-state index contributed by atoms with van der Waals surface area (Å²) >= 11 is 0. The van der Waals surface area contributed by atoms with Crippen molar-refractivity contribution in [3.8, 4) is 0 Å². The first-order valence-corrected chi connectivity index (χ1v) is 8.21. The molecule has 4 atom stereocenters. The van der Waals surface area contributed by atoms with Crippen LogP contribution in [0.2, 0.25) is 0 Å². The summed E-state index contributed by atoms with van der Waals surface area (Å²) in [5.74, 6) is 0.848. The van der Waals surface area contributed by atoms with Crippen molar-refractivity contribution in [2.75, 3.05) is 13.6 Å². The summed E-state index contributed by atoms with van der Waals surface area (Å²) in [6.45, 7) is 6.09. The zero-order chi connectivity index (χ0) is 14.1. The molecule has 1 heterocycles. The van der Waals surface area contributed by atoms with Crippen LogP contribution in [-0.2, 0) is 6.42 Å². The van der Waals surface area contributed by atoms with Crippen molar-refractivity contribution in [1.29, 1.82) is 0 Å². The zero-order valence-corrected chi connectivity index (χ0v) is 13.1. The molecule has 0 amide bonds. The van der Waals surface area contributed by atoms with Gasteiger partial charge in [0.1, 0.15) is 0 Å². The predicted octanol–water partition coefficient (Wildman–Crippen LogP) is 3.38. The van der Waals surface area contributed by atoms with Gasteiger partial charge in [0, 0.05) is 24.7 Å². The summed E-state index contributed by atoms with van der Waals surface area (Å²) in [5, 5.41) is 3.60. The summed E-state index contributed by atoms with van der Waals surface area (Å²) in [5.41, 5.74) is 3.07. The third-order valence-corrected chi connectivity index (χ3v) is 5.39. The number of hydrogen-bond donors (Lipinski definition) is 1. The van der Waals surface area contributed by atoms with Crippen LogP contribution in [0.1, 0.15) is 50.3 Å². The standard InChI is InChI=1S/C18H28N2/c1-13-8-9-14(2)20(12-13)17-11-10-15-6-4-5-7-16(15)18(17)19-3/h4-7,13-14,17-19H,8-12H2,1-3H3. The molecule has 0 aromatic heterocycles. The lowest BCUT2D eigenvalue weighted by Crippen LogP contribution is -2.53. The van der Waals surface area contributed by atoms with Crippen molar-refractivity contribution in [2.45, 2.75) is 57.7 Å². The highest BCUT2D eigenvalue weighted by molar-refractivity contribution is 5.34. The van der Waals surface area contributed by atoms with E-state index >= 15 is 0 Å². The molecule has 1 aliphatic heterocycles. The predicted molar refractivity (Wildman–Crippen MR) is 84.9 cm³/mol. The van der Waals surface area contributed by atoms with Crippen LogP contribution >= 0.6 is 0 Å². The van der Waals surface area contributed by atoms with Crippen LogP contribution in [0.15, 0.2) is 24.3 Å². The number of nitrogens with one attached hydrogen (secondary N) is 1. The van der Waals surface area contributed by atoms with E-state index in [-0.39, 0.29) is 0 Å². The van der Waals surface area contributed by atoms with Gasteiger partial charge in [-0.15, -0.1) is 0 Å². The minimum atomic E-state index is 0.493. The summed E-state index contributed by atoms with van der Waals surface area (Å²) < 4.78 is 0. The molecular formula is C18H28N2. The van der Waals surface area contributed by atoms with Crippen molar-refractivity contribution < 1.29 is 0 Å². The Bertz CT molecular complexity index is 456. The molecule has 2 heteroatoms. The second-order valence-corrected chi connectivity index (χ2v) is 6.80. The number of benzene rings is 1. The fraction of sp³-hybridized carbons (Fsp3) is 0.667. The first-order chi connectivity index (χ1) is 9.70. The van der Waals surface area contributed by atoms with Crippen molar-refractivity contribution >= 4 is 0 Å². The minimum absolute atomic E-state index is 0.493. The Morgan fingerprint density at radius 2 is 1.90 bits per heavy atom. The van der Waals surface area contributed by atoms with E-state index in [2.05, 4.69) is 55.4 Å². The van der Waals surface area contributed by atoms with Gasteiger partial charge in [0.2, 0.25) is 0 Å². The van der Waals surface area contributed by atoms with Gasteiger partial charge in [-0.1, -0.05) is 31.2 Å². The molecule has 4 unspecified atom stereocenters. The van der Waals surface area contributed by atoms with Crippen LogP contribution in [0.25, 0.3) is 0 Å². The summed E-state index contributed by atoms with van der Waals surface area (Å²) in [6.07, 6.45) is 5.27. The molecule has 1 N–H and O–H groups in total. The maximum absolute atomic E-state index is 3.60. The van der Waals surface area contributed by atoms with Crippen molar-refractivity contribution in [3.63, 3.8) is 0 Å². The highest BCUT2D eigenvalue weighted by Gasteiger charge is 2.36. The van der Waals surface area contributed by atoms with Gasteiger partial charge in [0.25, 0.3) is 0 Å². The average Bonchev–Trinajstić information content (AvgIpc) is 2.48. The van der Waals surface area contributed by atoms with Gasteiger partial charge >= 0.3 is 0 Å². The van der Waals surface area contributed by atoms with Crippen LogP contribution < -0.4 is 5.32 Å². The SMILES string of the molecule is CNC1c2ccccc2CCC1N1CC(C)CCC1C. The van der Waals surface area contributed by atoms with E-state index in [0.29, 0.717) is 12.1 Å². The Hall–Kier alpha value is -0.860. The van der Waals surface area contributed by atoms with Gasteiger partial charge in [-0.2, -0.15) is 0 Å². The molecule has 1 aliphatic carbocycles. The van der Waals surface area contributed by atoms with Gasteiger partial charge < -0.3 is 5.32 Å². The lowest BCUT2D eigenvalue weighted by molar-refractivity contribution is 0.0500. The first-order valence-electron chi connectivity index (χ1n) is 8.21. The molecule has 2 nitrogen and oxygen atoms in total. The van der Waals surface area contributed by atoms with E-state index < -0.39 is 0 Å². The Morgan fingerprint density at radius 1 is 1.10 bits per heavy atom. The van der Waals surface area contributed by atoms with E-state index in [1.54, 1.807) is 5.56 Å². The molecule has 1 fully saturated rings. The number of likely N-dealkylation sites (tertiary alicyclic amines) is 1. The molecule has 110 valence electrons. The first kappa shape index (κ1) is 14.1. The third-order valence-electron chi connectivity index (χ3n) is 5.39. The lowest BCUT2D eigenvalue weighted by Gasteiger charge is -2.47. The summed E-state index contributed by atoms with van der Waals surface area (Å²) in [4.78, 5) is 2.78. The van der Waals surface area contributed by atoms with Crippen LogP contribution in [0.4, 0.5) is 0 Å². The summed E-state index contributed by atoms with van der Waals surface area (Å²) in [6, 6.07) is 10.9. The average molecular weight is 272 g/mol. The topological polar surface area (TPSA) is 15.3 Å². The maximum atomic E-state index is 3.60. The molecule has 0 radical (unpaired) electrons. The molecule has 0 saturated carbocycles. The maximum Gasteiger partial charge on any atom is 0.0478 e. The number of hydrogen-bond acceptors (Lipinski definition) is 2. The molecule has 1 aromatic carbocycles. The third kappa shape index (κ3) is 2.51. The second-order valence-electron chi connectivity index (χ2n) is 6.80. The van der Waals surface area contributed by atoms with Crippen molar-refractivity contribution in [2.24, 2.45) is 5.92 Å². The second kappa shape index (κ2) is 5.87. The highest BCUT2D eigenvalue weighted by atomic mass is 15.2. The van der Waals surface area contributed by atoms with E-state index in [4.69, 9.17) is 0 Å². The van der Waals surface area contributed by atoms with Gasteiger partial charge in [-0.3, -0.25) is 4.90 Å². The fourth-order valence-electron chi connectivity index (χ4n) is 4.23. The van der Waals surface area contributed by atoms with Crippen LogP contribution in [0.3, 0.4) is 0 Å². The van der Waals surface area contributed by atoms with Crippen molar-refractivity contribution in [1.82, 2.24) is 10.2 Å². The Labute approximate surface area is 123 Å². The molecule has 1 saturated heterocycles. The van der Waals surface area contributed by atoms with Crippen LogP contribution in [0.5, 0.6) is 0 Å². The smallest absolute Gasteiger partial charge is 0.0478 e. The quantitative estimate of drug-likeness (QED) is 0.888. The Balaban J connectivity index is 1.87. The lowest BCUT2D eigenvalue weighted by atomic mass is 9.81. The van der Waals surface area contributed by atoms with Gasteiger partial charge in [0.05, 0.1) is 0 Å². The van der Waals surface area contributed by atoms with Crippen LogP contribution in [-0.4, -0.2) is 30.6 Å². The van der Waals surface area contributed by atoms with E-state index in [9.17, 15) is 0 Å². The van der Waals surface area contributed by atoms with Gasteiger partial charge in [0.15, 0.2) is 0 Å². The number of piperidine rings is 1. The fourth-order valence-corrected chi connectivity index (χ4v) is 4.23. The number of nitrogens with zero attached hydrogens (tertiary/aromatic N) is 1. The monoisotopic (exact) mass is 272 g/mol.